The minimum Gasteiger partial charge on any atom is -0.461 e. The molecule has 0 bridgehead atoms. The van der Waals surface area contributed by atoms with E-state index >= 15 is 0 Å². The third kappa shape index (κ3) is 3.08. The van der Waals surface area contributed by atoms with Gasteiger partial charge >= 0.3 is 5.97 Å². The predicted octanol–water partition coefficient (Wildman–Crippen LogP) is 2.60. The molecule has 2 aromatic carbocycles. The van der Waals surface area contributed by atoms with Crippen LogP contribution in [-0.4, -0.2) is 36.1 Å². The Morgan fingerprint density at radius 3 is 2.03 bits per heavy atom. The van der Waals surface area contributed by atoms with Gasteiger partial charge in [-0.05, 0) is 45.0 Å². The van der Waals surface area contributed by atoms with Gasteiger partial charge in [-0.1, -0.05) is 35.4 Å². The Balaban J connectivity index is 1.78. The van der Waals surface area contributed by atoms with Crippen molar-refractivity contribution in [1.29, 1.82) is 0 Å². The maximum atomic E-state index is 13.3. The summed E-state index contributed by atoms with van der Waals surface area (Å²) in [5, 5.41) is 5.80. The van der Waals surface area contributed by atoms with Gasteiger partial charge in [0, 0.05) is 0 Å². The number of rotatable bonds is 4. The first-order chi connectivity index (χ1) is 13.9. The van der Waals surface area contributed by atoms with Crippen LogP contribution in [0.25, 0.3) is 0 Å². The number of amides is 2. The summed E-state index contributed by atoms with van der Waals surface area (Å²) in [5.74, 6) is -2.55. The minimum atomic E-state index is -0.996. The lowest BCUT2D eigenvalue weighted by Gasteiger charge is -2.22. The van der Waals surface area contributed by atoms with Gasteiger partial charge in [-0.25, -0.2) is 9.69 Å². The van der Waals surface area contributed by atoms with Crippen molar-refractivity contribution >= 4 is 34.9 Å². The summed E-state index contributed by atoms with van der Waals surface area (Å²) in [5.41, 5.74) is 3.14. The molecule has 0 aromatic heterocycles. The van der Waals surface area contributed by atoms with Crippen LogP contribution >= 0.6 is 0 Å². The summed E-state index contributed by atoms with van der Waals surface area (Å²) in [6.07, 6.45) is 0. The number of anilines is 2. The zero-order chi connectivity index (χ0) is 20.7. The van der Waals surface area contributed by atoms with Gasteiger partial charge in [0.05, 0.1) is 18.0 Å². The molecule has 0 unspecified atom stereocenters. The van der Waals surface area contributed by atoms with Gasteiger partial charge in [-0.3, -0.25) is 14.6 Å². The van der Waals surface area contributed by atoms with Gasteiger partial charge in [0.25, 0.3) is 5.91 Å². The first kappa shape index (κ1) is 18.9. The van der Waals surface area contributed by atoms with Crippen LogP contribution in [-0.2, 0) is 19.1 Å². The number of benzene rings is 2. The quantitative estimate of drug-likeness (QED) is 0.591. The molecule has 1 saturated heterocycles. The molecule has 29 heavy (non-hydrogen) atoms. The fraction of sp³-hybridized carbons (Fsp3) is 0.273. The van der Waals surface area contributed by atoms with Gasteiger partial charge in [-0.15, -0.1) is 0 Å². The third-order valence-electron chi connectivity index (χ3n) is 5.12. The maximum absolute atomic E-state index is 13.3. The van der Waals surface area contributed by atoms with Gasteiger partial charge in [0.15, 0.2) is 5.71 Å². The molecule has 7 heteroatoms. The van der Waals surface area contributed by atoms with Crippen molar-refractivity contribution in [2.45, 2.75) is 26.8 Å². The zero-order valence-corrected chi connectivity index (χ0v) is 16.5. The van der Waals surface area contributed by atoms with Crippen molar-refractivity contribution in [3.8, 4) is 0 Å². The first-order valence-electron chi connectivity index (χ1n) is 9.48. The van der Waals surface area contributed by atoms with Crippen molar-refractivity contribution in [1.82, 2.24) is 0 Å². The van der Waals surface area contributed by atoms with Crippen LogP contribution in [0.3, 0.4) is 0 Å². The number of esters is 1. The molecule has 0 radical (unpaired) electrons. The molecule has 0 spiro atoms. The van der Waals surface area contributed by atoms with E-state index in [1.165, 1.54) is 5.01 Å². The van der Waals surface area contributed by atoms with E-state index in [0.29, 0.717) is 11.4 Å². The molecule has 0 saturated carbocycles. The fourth-order valence-electron chi connectivity index (χ4n) is 3.65. The van der Waals surface area contributed by atoms with E-state index in [0.717, 1.165) is 16.0 Å². The molecule has 2 aliphatic heterocycles. The number of aryl methyl sites for hydroxylation is 2. The van der Waals surface area contributed by atoms with Gasteiger partial charge < -0.3 is 4.74 Å². The number of imide groups is 1. The molecule has 148 valence electrons. The Morgan fingerprint density at radius 2 is 1.48 bits per heavy atom. The smallest absolute Gasteiger partial charge is 0.355 e. The van der Waals surface area contributed by atoms with Crippen LogP contribution in [0.15, 0.2) is 53.6 Å². The molecule has 0 aliphatic carbocycles. The SMILES string of the molecule is CCOC(=O)C1=NN(c2ccc(C)cc2)[C@H]2C(=O)N(c3ccc(C)cc3)C(=O)[C@H]12. The average Bonchev–Trinajstić information content (AvgIpc) is 3.21. The largest absolute Gasteiger partial charge is 0.461 e. The molecule has 2 aliphatic rings. The monoisotopic (exact) mass is 391 g/mol. The normalized spacial score (nSPS) is 20.7. The Morgan fingerprint density at radius 1 is 0.931 bits per heavy atom. The first-order valence-corrected chi connectivity index (χ1v) is 9.48. The summed E-state index contributed by atoms with van der Waals surface area (Å²) in [6, 6.07) is 13.6. The number of hydrogen-bond donors (Lipinski definition) is 0. The van der Waals surface area contributed by atoms with E-state index in [2.05, 4.69) is 5.10 Å². The van der Waals surface area contributed by atoms with Crippen molar-refractivity contribution in [3.63, 3.8) is 0 Å². The van der Waals surface area contributed by atoms with Crippen LogP contribution in [0.5, 0.6) is 0 Å². The van der Waals surface area contributed by atoms with E-state index in [-0.39, 0.29) is 12.3 Å². The van der Waals surface area contributed by atoms with Crippen LogP contribution in [0.1, 0.15) is 18.1 Å². The second kappa shape index (κ2) is 7.16. The summed E-state index contributed by atoms with van der Waals surface area (Å²) in [7, 11) is 0. The highest BCUT2D eigenvalue weighted by Crippen LogP contribution is 2.38. The zero-order valence-electron chi connectivity index (χ0n) is 16.5. The van der Waals surface area contributed by atoms with Crippen LogP contribution < -0.4 is 9.91 Å². The van der Waals surface area contributed by atoms with Crippen molar-refractivity contribution in [2.24, 2.45) is 11.0 Å². The van der Waals surface area contributed by atoms with Gasteiger partial charge in [-0.2, -0.15) is 5.10 Å². The molecule has 2 aromatic rings. The topological polar surface area (TPSA) is 79.3 Å². The van der Waals surface area contributed by atoms with Crippen LogP contribution in [0.2, 0.25) is 0 Å². The lowest BCUT2D eigenvalue weighted by atomic mass is 9.97. The van der Waals surface area contributed by atoms with Crippen molar-refractivity contribution in [2.75, 3.05) is 16.5 Å². The molecular weight excluding hydrogens is 370 g/mol. The van der Waals surface area contributed by atoms with Crippen molar-refractivity contribution in [3.05, 3.63) is 59.7 Å². The van der Waals surface area contributed by atoms with Crippen molar-refractivity contribution < 1.29 is 19.1 Å². The van der Waals surface area contributed by atoms with Gasteiger partial charge in [0.2, 0.25) is 5.91 Å². The lowest BCUT2D eigenvalue weighted by molar-refractivity contribution is -0.136. The molecule has 1 fully saturated rings. The number of hydrazone groups is 1. The molecule has 7 nitrogen and oxygen atoms in total. The Kier molecular flexibility index (Phi) is 4.66. The number of hydrogen-bond acceptors (Lipinski definition) is 6. The minimum absolute atomic E-state index is 0.0367. The van der Waals surface area contributed by atoms with E-state index in [9.17, 15) is 14.4 Å². The highest BCUT2D eigenvalue weighted by atomic mass is 16.5. The molecule has 4 rings (SSSR count). The van der Waals surface area contributed by atoms with Crippen LogP contribution in [0, 0.1) is 19.8 Å². The van der Waals surface area contributed by atoms with Crippen LogP contribution in [0.4, 0.5) is 11.4 Å². The highest BCUT2D eigenvalue weighted by molar-refractivity contribution is 6.47. The Hall–Kier alpha value is -3.48. The third-order valence-corrected chi connectivity index (χ3v) is 5.12. The standard InChI is InChI=1S/C22H21N3O4/c1-4-29-22(28)18-17-19(25(23-18)16-11-7-14(3)8-12-16)21(27)24(20(17)26)15-9-5-13(2)6-10-15/h5-12,17,19H,4H2,1-3H3/t17-,19-/m1/s1. The summed E-state index contributed by atoms with van der Waals surface area (Å²) >= 11 is 0. The van der Waals surface area contributed by atoms with E-state index < -0.39 is 29.7 Å². The molecule has 2 atom stereocenters. The summed E-state index contributed by atoms with van der Waals surface area (Å²) in [6.45, 7) is 5.72. The second-order valence-corrected chi connectivity index (χ2v) is 7.16. The highest BCUT2D eigenvalue weighted by Gasteiger charge is 2.59. The second-order valence-electron chi connectivity index (χ2n) is 7.16. The van der Waals surface area contributed by atoms with E-state index in [1.54, 1.807) is 19.1 Å². The summed E-state index contributed by atoms with van der Waals surface area (Å²) in [4.78, 5) is 40.2. The van der Waals surface area contributed by atoms with Gasteiger partial charge in [0.1, 0.15) is 12.0 Å². The number of ether oxygens (including phenoxy) is 1. The average molecular weight is 391 g/mol. The molecule has 2 heterocycles. The Bertz CT molecular complexity index is 1010. The summed E-state index contributed by atoms with van der Waals surface area (Å²) < 4.78 is 5.10. The number of carbonyl (C=O) groups is 3. The number of carbonyl (C=O) groups excluding carboxylic acids is 3. The van der Waals surface area contributed by atoms with E-state index in [4.69, 9.17) is 4.74 Å². The molecular formula is C22H21N3O4. The lowest BCUT2D eigenvalue weighted by Crippen LogP contribution is -2.39. The number of fused-ring (bicyclic) bond motifs is 1. The maximum Gasteiger partial charge on any atom is 0.355 e. The molecule has 0 N–H and O–H groups in total. The Labute approximate surface area is 168 Å². The van der Waals surface area contributed by atoms with E-state index in [1.807, 2.05) is 50.2 Å². The fourth-order valence-corrected chi connectivity index (χ4v) is 3.65. The predicted molar refractivity (Wildman–Crippen MR) is 109 cm³/mol. The number of nitrogens with zero attached hydrogens (tertiary/aromatic N) is 3. The molecule has 2 amide bonds.